The van der Waals surface area contributed by atoms with Crippen molar-refractivity contribution < 1.29 is 9.18 Å². The Morgan fingerprint density at radius 2 is 2.39 bits per heavy atom. The predicted octanol–water partition coefficient (Wildman–Crippen LogP) is 1.81. The Bertz CT molecular complexity index is 622. The minimum absolute atomic E-state index is 0.0201. The lowest BCUT2D eigenvalue weighted by atomic mass is 10.2. The van der Waals surface area contributed by atoms with E-state index >= 15 is 0 Å². The highest BCUT2D eigenvalue weighted by molar-refractivity contribution is 7.09. The van der Waals surface area contributed by atoms with Gasteiger partial charge in [-0.1, -0.05) is 6.07 Å². The maximum Gasteiger partial charge on any atom is 0.224 e. The van der Waals surface area contributed by atoms with Gasteiger partial charge in [0.25, 0.3) is 0 Å². The molecule has 0 aliphatic carbocycles. The van der Waals surface area contributed by atoms with E-state index in [1.807, 2.05) is 17.5 Å². The molecule has 2 atom stereocenters. The molecule has 0 saturated carbocycles. The molecule has 2 aromatic heterocycles. The van der Waals surface area contributed by atoms with Crippen molar-refractivity contribution in [2.45, 2.75) is 31.6 Å². The molecular formula is C16H19FN4OS. The van der Waals surface area contributed by atoms with Gasteiger partial charge in [-0.2, -0.15) is 0 Å². The van der Waals surface area contributed by atoms with Crippen molar-refractivity contribution in [2.75, 3.05) is 13.1 Å². The number of thiazole rings is 1. The van der Waals surface area contributed by atoms with E-state index in [2.05, 4.69) is 20.2 Å². The van der Waals surface area contributed by atoms with Crippen molar-refractivity contribution in [3.05, 3.63) is 46.7 Å². The Labute approximate surface area is 138 Å². The van der Waals surface area contributed by atoms with Gasteiger partial charge in [0.1, 0.15) is 11.2 Å². The summed E-state index contributed by atoms with van der Waals surface area (Å²) >= 11 is 1.57. The summed E-state index contributed by atoms with van der Waals surface area (Å²) in [5.41, 5.74) is 0.874. The van der Waals surface area contributed by atoms with Gasteiger partial charge in [0, 0.05) is 43.1 Å². The maximum absolute atomic E-state index is 13.7. The molecule has 0 radical (unpaired) electrons. The van der Waals surface area contributed by atoms with E-state index in [-0.39, 0.29) is 11.9 Å². The topological polar surface area (TPSA) is 58.1 Å². The van der Waals surface area contributed by atoms with Crippen LogP contribution >= 0.6 is 11.3 Å². The number of likely N-dealkylation sites (tertiary alicyclic amines) is 1. The van der Waals surface area contributed by atoms with Crippen LogP contribution in [0.3, 0.4) is 0 Å². The number of alkyl halides is 1. The fourth-order valence-electron chi connectivity index (χ4n) is 2.82. The molecule has 3 rings (SSSR count). The number of amides is 1. The Kier molecular flexibility index (Phi) is 5.30. The van der Waals surface area contributed by atoms with Gasteiger partial charge < -0.3 is 5.32 Å². The lowest BCUT2D eigenvalue weighted by Gasteiger charge is -2.23. The molecule has 1 N–H and O–H groups in total. The van der Waals surface area contributed by atoms with Crippen LogP contribution in [0.5, 0.6) is 0 Å². The fourth-order valence-corrected chi connectivity index (χ4v) is 3.46. The zero-order valence-corrected chi connectivity index (χ0v) is 13.5. The van der Waals surface area contributed by atoms with Crippen LogP contribution in [0.1, 0.15) is 17.0 Å². The first kappa shape index (κ1) is 16.0. The van der Waals surface area contributed by atoms with Crippen LogP contribution in [0, 0.1) is 0 Å². The zero-order chi connectivity index (χ0) is 16.1. The lowest BCUT2D eigenvalue weighted by Crippen LogP contribution is -2.40. The average molecular weight is 334 g/mol. The van der Waals surface area contributed by atoms with Crippen LogP contribution in [0.2, 0.25) is 0 Å². The van der Waals surface area contributed by atoms with Gasteiger partial charge in [-0.15, -0.1) is 11.3 Å². The standard InChI is InChI=1S/C16H19FN4OS/c17-13-7-14(21(10-13)11-16-19-4-5-23-16)9-20-15(22)6-12-2-1-3-18-8-12/h1-5,8,13-14H,6-7,9-11H2,(H,20,22)/t13-,14-/m0/s1. The smallest absolute Gasteiger partial charge is 0.224 e. The number of nitrogens with zero attached hydrogens (tertiary/aromatic N) is 3. The number of carbonyl (C=O) groups excluding carboxylic acids is 1. The van der Waals surface area contributed by atoms with Crippen LogP contribution in [0.4, 0.5) is 4.39 Å². The van der Waals surface area contributed by atoms with Gasteiger partial charge >= 0.3 is 0 Å². The molecule has 1 fully saturated rings. The van der Waals surface area contributed by atoms with Gasteiger partial charge in [0.05, 0.1) is 13.0 Å². The number of hydrogen-bond donors (Lipinski definition) is 1. The molecule has 0 spiro atoms. The molecule has 1 aliphatic heterocycles. The van der Waals surface area contributed by atoms with Crippen LogP contribution in [-0.4, -0.2) is 46.1 Å². The van der Waals surface area contributed by atoms with Crippen molar-refractivity contribution in [1.29, 1.82) is 0 Å². The van der Waals surface area contributed by atoms with Gasteiger partial charge in [0.2, 0.25) is 5.91 Å². The van der Waals surface area contributed by atoms with Crippen molar-refractivity contribution >= 4 is 17.2 Å². The summed E-state index contributed by atoms with van der Waals surface area (Å²) in [5.74, 6) is -0.0606. The largest absolute Gasteiger partial charge is 0.354 e. The highest BCUT2D eigenvalue weighted by Gasteiger charge is 2.32. The van der Waals surface area contributed by atoms with Gasteiger partial charge in [-0.3, -0.25) is 14.7 Å². The molecule has 3 heterocycles. The van der Waals surface area contributed by atoms with Crippen LogP contribution in [0.25, 0.3) is 0 Å². The van der Waals surface area contributed by atoms with Crippen molar-refractivity contribution in [2.24, 2.45) is 0 Å². The molecule has 0 unspecified atom stereocenters. The molecule has 5 nitrogen and oxygen atoms in total. The summed E-state index contributed by atoms with van der Waals surface area (Å²) in [5, 5.41) is 5.81. The zero-order valence-electron chi connectivity index (χ0n) is 12.7. The number of nitrogens with one attached hydrogen (secondary N) is 1. The SMILES string of the molecule is O=C(Cc1cccnc1)NC[C@@H]1C[C@H](F)CN1Cc1nccs1. The first-order chi connectivity index (χ1) is 11.2. The molecule has 7 heteroatoms. The Balaban J connectivity index is 1.50. The summed E-state index contributed by atoms with van der Waals surface area (Å²) in [7, 11) is 0. The second kappa shape index (κ2) is 7.61. The Morgan fingerprint density at radius 1 is 1.48 bits per heavy atom. The van der Waals surface area contributed by atoms with Gasteiger partial charge in [0.15, 0.2) is 0 Å². The third-order valence-corrected chi connectivity index (χ3v) is 4.69. The number of aromatic nitrogens is 2. The monoisotopic (exact) mass is 334 g/mol. The number of rotatable bonds is 6. The molecule has 2 aromatic rings. The van der Waals surface area contributed by atoms with E-state index in [9.17, 15) is 9.18 Å². The van der Waals surface area contributed by atoms with E-state index in [0.717, 1.165) is 10.6 Å². The summed E-state index contributed by atoms with van der Waals surface area (Å²) in [4.78, 5) is 22.3. The summed E-state index contributed by atoms with van der Waals surface area (Å²) in [6, 6.07) is 3.70. The molecule has 23 heavy (non-hydrogen) atoms. The molecule has 1 aliphatic rings. The first-order valence-electron chi connectivity index (χ1n) is 7.63. The van der Waals surface area contributed by atoms with Crippen molar-refractivity contribution in [1.82, 2.24) is 20.2 Å². The molecule has 1 amide bonds. The summed E-state index contributed by atoms with van der Waals surface area (Å²) in [6.07, 6.45) is 5.03. The van der Waals surface area contributed by atoms with Crippen molar-refractivity contribution in [3.63, 3.8) is 0 Å². The van der Waals surface area contributed by atoms with Crippen molar-refractivity contribution in [3.8, 4) is 0 Å². The van der Waals surface area contributed by atoms with Crippen LogP contribution in [0.15, 0.2) is 36.1 Å². The van der Waals surface area contributed by atoms with Gasteiger partial charge in [-0.25, -0.2) is 9.37 Å². The number of halogens is 1. The molecule has 1 saturated heterocycles. The molecule has 0 aromatic carbocycles. The summed E-state index contributed by atoms with van der Waals surface area (Å²) < 4.78 is 13.7. The second-order valence-electron chi connectivity index (χ2n) is 5.68. The minimum atomic E-state index is -0.838. The van der Waals surface area contributed by atoms with Crippen LogP contribution < -0.4 is 5.32 Å². The van der Waals surface area contributed by atoms with Gasteiger partial charge in [-0.05, 0) is 18.1 Å². The Hall–Kier alpha value is -1.86. The minimum Gasteiger partial charge on any atom is -0.354 e. The van der Waals surface area contributed by atoms with E-state index in [0.29, 0.717) is 32.5 Å². The number of carbonyl (C=O) groups is 1. The average Bonchev–Trinajstić information content (AvgIpc) is 3.16. The quantitative estimate of drug-likeness (QED) is 0.875. The first-order valence-corrected chi connectivity index (χ1v) is 8.51. The van der Waals surface area contributed by atoms with E-state index in [1.165, 1.54) is 0 Å². The number of pyridine rings is 1. The summed E-state index contributed by atoms with van der Waals surface area (Å²) in [6.45, 7) is 1.51. The maximum atomic E-state index is 13.7. The van der Waals surface area contributed by atoms with E-state index in [4.69, 9.17) is 0 Å². The van der Waals surface area contributed by atoms with Crippen LogP contribution in [-0.2, 0) is 17.8 Å². The third kappa shape index (κ3) is 4.56. The molecule has 122 valence electrons. The molecular weight excluding hydrogens is 315 g/mol. The third-order valence-electron chi connectivity index (χ3n) is 3.92. The molecule has 0 bridgehead atoms. The fraction of sp³-hybridized carbons (Fsp3) is 0.438. The predicted molar refractivity (Wildman–Crippen MR) is 86.8 cm³/mol. The second-order valence-corrected chi connectivity index (χ2v) is 6.66. The highest BCUT2D eigenvalue weighted by atomic mass is 32.1. The number of hydrogen-bond acceptors (Lipinski definition) is 5. The lowest BCUT2D eigenvalue weighted by molar-refractivity contribution is -0.120. The highest BCUT2D eigenvalue weighted by Crippen LogP contribution is 2.23. The normalized spacial score (nSPS) is 21.4. The van der Waals surface area contributed by atoms with E-state index in [1.54, 1.807) is 29.9 Å². The Morgan fingerprint density at radius 3 is 3.13 bits per heavy atom. The van der Waals surface area contributed by atoms with E-state index < -0.39 is 6.17 Å².